The zero-order chi connectivity index (χ0) is 22.2. The molecular weight excluding hydrogens is 405 g/mol. The van der Waals surface area contributed by atoms with Crippen LogP contribution < -0.4 is 21.3 Å². The standard InChI is InChI=1S/C22H25F3N6/c1-3-27-16-7-8-31(12-16)20-19-13(2)5-4-6-18(19)29-21(30-20)28-17-10-14(22(23,24)25)9-15(26)11-17/h4-6,9-11,16,27H,3,7-8,12,26H2,1-2H3,(H,28,29,30)/t16-/m0/s1. The third-order valence-corrected chi connectivity index (χ3v) is 5.43. The highest BCUT2D eigenvalue weighted by atomic mass is 19.4. The van der Waals surface area contributed by atoms with Crippen LogP contribution in [0.2, 0.25) is 0 Å². The van der Waals surface area contributed by atoms with Gasteiger partial charge in [0.15, 0.2) is 0 Å². The minimum Gasteiger partial charge on any atom is -0.399 e. The van der Waals surface area contributed by atoms with Gasteiger partial charge < -0.3 is 21.3 Å². The van der Waals surface area contributed by atoms with E-state index < -0.39 is 11.7 Å². The molecule has 3 aromatic rings. The molecule has 4 rings (SSSR count). The number of alkyl halides is 3. The molecule has 9 heteroatoms. The lowest BCUT2D eigenvalue weighted by atomic mass is 10.1. The van der Waals surface area contributed by atoms with Gasteiger partial charge in [-0.25, -0.2) is 4.98 Å². The Morgan fingerprint density at radius 1 is 1.19 bits per heavy atom. The van der Waals surface area contributed by atoms with Crippen LogP contribution in [0.1, 0.15) is 24.5 Å². The van der Waals surface area contributed by atoms with Crippen LogP contribution in [0.3, 0.4) is 0 Å². The van der Waals surface area contributed by atoms with Crippen molar-refractivity contribution in [2.24, 2.45) is 0 Å². The number of fused-ring (bicyclic) bond motifs is 1. The summed E-state index contributed by atoms with van der Waals surface area (Å²) in [5.74, 6) is 1.02. The fraction of sp³-hybridized carbons (Fsp3) is 0.364. The van der Waals surface area contributed by atoms with Crippen LogP contribution in [-0.4, -0.2) is 35.6 Å². The van der Waals surface area contributed by atoms with E-state index in [1.54, 1.807) is 0 Å². The number of benzene rings is 2. The highest BCUT2D eigenvalue weighted by molar-refractivity contribution is 5.93. The van der Waals surface area contributed by atoms with E-state index in [0.717, 1.165) is 60.5 Å². The number of nitrogens with two attached hydrogens (primary N) is 1. The molecule has 2 heterocycles. The van der Waals surface area contributed by atoms with Crippen LogP contribution in [0, 0.1) is 6.92 Å². The Bertz CT molecular complexity index is 1100. The summed E-state index contributed by atoms with van der Waals surface area (Å²) in [6.45, 7) is 6.63. The van der Waals surface area contributed by atoms with Gasteiger partial charge in [-0.05, 0) is 49.7 Å². The lowest BCUT2D eigenvalue weighted by molar-refractivity contribution is -0.137. The van der Waals surface area contributed by atoms with Crippen LogP contribution in [0.5, 0.6) is 0 Å². The fourth-order valence-electron chi connectivity index (χ4n) is 4.04. The summed E-state index contributed by atoms with van der Waals surface area (Å²) in [5.41, 5.74) is 6.87. The van der Waals surface area contributed by atoms with Gasteiger partial charge in [-0.2, -0.15) is 18.2 Å². The molecule has 0 amide bonds. The number of nitrogen functional groups attached to an aromatic ring is 1. The molecule has 1 atom stereocenters. The normalized spacial score (nSPS) is 16.8. The Kier molecular flexibility index (Phi) is 5.62. The molecule has 1 aromatic heterocycles. The van der Waals surface area contributed by atoms with Crippen molar-refractivity contribution in [3.63, 3.8) is 0 Å². The topological polar surface area (TPSA) is 79.1 Å². The summed E-state index contributed by atoms with van der Waals surface area (Å²) in [5, 5.41) is 7.34. The number of nitrogens with one attached hydrogen (secondary N) is 2. The van der Waals surface area contributed by atoms with Gasteiger partial charge in [-0.15, -0.1) is 0 Å². The van der Waals surface area contributed by atoms with E-state index in [1.807, 2.05) is 25.1 Å². The molecule has 0 aliphatic carbocycles. The molecule has 1 fully saturated rings. The van der Waals surface area contributed by atoms with E-state index in [0.29, 0.717) is 6.04 Å². The Morgan fingerprint density at radius 3 is 2.74 bits per heavy atom. The molecule has 0 unspecified atom stereocenters. The number of anilines is 4. The Morgan fingerprint density at radius 2 is 2.00 bits per heavy atom. The highest BCUT2D eigenvalue weighted by Crippen LogP contribution is 2.35. The first-order valence-electron chi connectivity index (χ1n) is 10.2. The van der Waals surface area contributed by atoms with Crippen molar-refractivity contribution in [1.29, 1.82) is 0 Å². The maximum absolute atomic E-state index is 13.2. The SMILES string of the molecule is CCN[C@H]1CCN(c2nc(Nc3cc(N)cc(C(F)(F)F)c3)nc3cccc(C)c23)C1. The highest BCUT2D eigenvalue weighted by Gasteiger charge is 2.31. The molecule has 2 aromatic carbocycles. The van der Waals surface area contributed by atoms with Crippen LogP contribution in [-0.2, 0) is 6.18 Å². The number of aryl methyl sites for hydroxylation is 1. The first-order chi connectivity index (χ1) is 14.7. The zero-order valence-electron chi connectivity index (χ0n) is 17.4. The monoisotopic (exact) mass is 430 g/mol. The second-order valence-electron chi connectivity index (χ2n) is 7.80. The number of hydrogen-bond donors (Lipinski definition) is 3. The lowest BCUT2D eigenvalue weighted by Gasteiger charge is -2.21. The predicted octanol–water partition coefficient (Wildman–Crippen LogP) is 4.47. The van der Waals surface area contributed by atoms with Gasteiger partial charge in [0.05, 0.1) is 11.1 Å². The summed E-state index contributed by atoms with van der Waals surface area (Å²) in [7, 11) is 0. The van der Waals surface area contributed by atoms with Crippen molar-refractivity contribution in [2.45, 2.75) is 32.5 Å². The van der Waals surface area contributed by atoms with Crippen molar-refractivity contribution in [3.05, 3.63) is 47.5 Å². The molecular formula is C22H25F3N6. The van der Waals surface area contributed by atoms with Gasteiger partial charge in [0.25, 0.3) is 0 Å². The van der Waals surface area contributed by atoms with E-state index in [2.05, 4.69) is 27.4 Å². The lowest BCUT2D eigenvalue weighted by Crippen LogP contribution is -2.32. The molecule has 0 spiro atoms. The Balaban J connectivity index is 1.74. The second-order valence-corrected chi connectivity index (χ2v) is 7.80. The van der Waals surface area contributed by atoms with Gasteiger partial charge in [0.1, 0.15) is 5.82 Å². The number of aromatic nitrogens is 2. The van der Waals surface area contributed by atoms with Crippen LogP contribution >= 0.6 is 0 Å². The van der Waals surface area contributed by atoms with Gasteiger partial charge in [0.2, 0.25) is 5.95 Å². The molecule has 0 bridgehead atoms. The van der Waals surface area contributed by atoms with E-state index in [-0.39, 0.29) is 17.3 Å². The fourth-order valence-corrected chi connectivity index (χ4v) is 4.04. The van der Waals surface area contributed by atoms with Gasteiger partial charge >= 0.3 is 6.18 Å². The van der Waals surface area contributed by atoms with Crippen molar-refractivity contribution in [2.75, 3.05) is 35.6 Å². The summed E-state index contributed by atoms with van der Waals surface area (Å²) >= 11 is 0. The second kappa shape index (κ2) is 8.22. The van der Waals surface area contributed by atoms with Gasteiger partial charge in [0, 0.05) is 35.9 Å². The van der Waals surface area contributed by atoms with Crippen molar-refractivity contribution >= 4 is 34.0 Å². The summed E-state index contributed by atoms with van der Waals surface area (Å²) < 4.78 is 39.5. The Hall–Kier alpha value is -3.07. The smallest absolute Gasteiger partial charge is 0.399 e. The average Bonchev–Trinajstić information content (AvgIpc) is 3.15. The third kappa shape index (κ3) is 4.51. The maximum Gasteiger partial charge on any atom is 0.416 e. The summed E-state index contributed by atoms with van der Waals surface area (Å²) in [6.07, 6.45) is -3.49. The number of halogens is 3. The van der Waals surface area contributed by atoms with Crippen LogP contribution in [0.15, 0.2) is 36.4 Å². The predicted molar refractivity (Wildman–Crippen MR) is 118 cm³/mol. The Labute approximate surface area is 178 Å². The quantitative estimate of drug-likeness (QED) is 0.519. The molecule has 0 radical (unpaired) electrons. The number of nitrogens with zero attached hydrogens (tertiary/aromatic N) is 3. The van der Waals surface area contributed by atoms with Crippen molar-refractivity contribution in [1.82, 2.24) is 15.3 Å². The van der Waals surface area contributed by atoms with Crippen LogP contribution in [0.25, 0.3) is 10.9 Å². The van der Waals surface area contributed by atoms with E-state index in [4.69, 9.17) is 10.7 Å². The van der Waals surface area contributed by atoms with Crippen molar-refractivity contribution < 1.29 is 13.2 Å². The minimum absolute atomic E-state index is 0.0159. The molecule has 1 aliphatic heterocycles. The first kappa shape index (κ1) is 21.2. The van der Waals surface area contributed by atoms with E-state index in [1.165, 1.54) is 6.07 Å². The van der Waals surface area contributed by atoms with Gasteiger partial charge in [-0.1, -0.05) is 19.1 Å². The maximum atomic E-state index is 13.2. The zero-order valence-corrected chi connectivity index (χ0v) is 17.4. The van der Waals surface area contributed by atoms with Crippen molar-refractivity contribution in [3.8, 4) is 0 Å². The van der Waals surface area contributed by atoms with E-state index >= 15 is 0 Å². The van der Waals surface area contributed by atoms with Crippen LogP contribution in [0.4, 0.5) is 36.3 Å². The number of hydrogen-bond acceptors (Lipinski definition) is 6. The van der Waals surface area contributed by atoms with E-state index in [9.17, 15) is 13.2 Å². The average molecular weight is 430 g/mol. The molecule has 1 saturated heterocycles. The van der Waals surface area contributed by atoms with Gasteiger partial charge in [-0.3, -0.25) is 0 Å². The summed E-state index contributed by atoms with van der Waals surface area (Å²) in [6, 6.07) is 9.54. The molecule has 1 aliphatic rings. The first-order valence-corrected chi connectivity index (χ1v) is 10.2. The molecule has 164 valence electrons. The largest absolute Gasteiger partial charge is 0.416 e. The molecule has 4 N–H and O–H groups in total. The molecule has 0 saturated carbocycles. The summed E-state index contributed by atoms with van der Waals surface area (Å²) in [4.78, 5) is 11.5. The minimum atomic E-state index is -4.49. The molecule has 31 heavy (non-hydrogen) atoms. The molecule has 6 nitrogen and oxygen atoms in total. The third-order valence-electron chi connectivity index (χ3n) is 5.43. The number of rotatable bonds is 5. The number of likely N-dealkylation sites (N-methyl/N-ethyl adjacent to an activating group) is 1.